The summed E-state index contributed by atoms with van der Waals surface area (Å²) in [5.41, 5.74) is 1.77. The maximum absolute atomic E-state index is 11.3. The summed E-state index contributed by atoms with van der Waals surface area (Å²) in [6.45, 7) is 2.13. The highest BCUT2D eigenvalue weighted by atomic mass is 16.5. The van der Waals surface area contributed by atoms with E-state index in [4.69, 9.17) is 4.74 Å². The second-order valence-corrected chi connectivity index (χ2v) is 3.86. The van der Waals surface area contributed by atoms with Crippen molar-refractivity contribution in [1.29, 1.82) is 0 Å². The summed E-state index contributed by atoms with van der Waals surface area (Å²) in [4.78, 5) is 11.3. The monoisotopic (exact) mass is 234 g/mol. The summed E-state index contributed by atoms with van der Waals surface area (Å²) in [5.74, 6) is 0.0941. The molecule has 0 aliphatic heterocycles. The van der Waals surface area contributed by atoms with E-state index in [1.54, 1.807) is 25.5 Å². The highest BCUT2D eigenvalue weighted by Crippen LogP contribution is 2.20. The smallest absolute Gasteiger partial charge is 0.337 e. The fraction of sp³-hybridized carbons (Fsp3) is 0.357. The number of allylic oxidation sites excluding steroid dienone is 1. The Kier molecular flexibility index (Phi) is 5.27. The highest BCUT2D eigenvalue weighted by Gasteiger charge is 2.07. The molecule has 0 bridgehead atoms. The van der Waals surface area contributed by atoms with Gasteiger partial charge in [0.05, 0.1) is 26.0 Å². The second kappa shape index (κ2) is 6.74. The van der Waals surface area contributed by atoms with Gasteiger partial charge in [-0.3, -0.25) is 0 Å². The van der Waals surface area contributed by atoms with Gasteiger partial charge in [-0.2, -0.15) is 0 Å². The number of esters is 1. The Balaban J connectivity index is 2.66. The third-order valence-electron chi connectivity index (χ3n) is 2.62. The van der Waals surface area contributed by atoms with Crippen LogP contribution in [0.4, 0.5) is 0 Å². The normalized spacial score (nSPS) is 12.4. The number of hydrogen-bond acceptors (Lipinski definition) is 3. The first-order valence-corrected chi connectivity index (χ1v) is 5.55. The van der Waals surface area contributed by atoms with Crippen LogP contribution in [0.2, 0.25) is 0 Å². The van der Waals surface area contributed by atoms with Gasteiger partial charge in [-0.25, -0.2) is 4.79 Å². The Hall–Kier alpha value is -1.77. The Bertz CT molecular complexity index is 379. The molecule has 1 atom stereocenters. The van der Waals surface area contributed by atoms with Crippen LogP contribution in [-0.2, 0) is 9.47 Å². The summed E-state index contributed by atoms with van der Waals surface area (Å²) in [6.07, 6.45) is 4.57. The molecule has 0 aliphatic rings. The van der Waals surface area contributed by atoms with E-state index in [-0.39, 0.29) is 5.97 Å². The third kappa shape index (κ3) is 3.94. The van der Waals surface area contributed by atoms with E-state index in [1.807, 2.05) is 18.2 Å². The zero-order valence-corrected chi connectivity index (χ0v) is 10.5. The van der Waals surface area contributed by atoms with Crippen molar-refractivity contribution in [3.8, 4) is 0 Å². The molecule has 0 fully saturated rings. The molecular formula is C14H18O3. The first-order valence-electron chi connectivity index (χ1n) is 5.55. The molecule has 0 aliphatic carbocycles. The average molecular weight is 234 g/mol. The fourth-order valence-electron chi connectivity index (χ4n) is 1.56. The lowest BCUT2D eigenvalue weighted by Crippen LogP contribution is -2.01. The van der Waals surface area contributed by atoms with Gasteiger partial charge in [-0.05, 0) is 36.1 Å². The van der Waals surface area contributed by atoms with Crippen LogP contribution in [0.1, 0.15) is 35.2 Å². The lowest BCUT2D eigenvalue weighted by Gasteiger charge is -2.09. The Labute approximate surface area is 102 Å². The number of benzene rings is 1. The average Bonchev–Trinajstić information content (AvgIpc) is 2.38. The molecule has 92 valence electrons. The van der Waals surface area contributed by atoms with Crippen LogP contribution in [0, 0.1) is 0 Å². The van der Waals surface area contributed by atoms with Gasteiger partial charge in [-0.1, -0.05) is 19.1 Å². The molecule has 0 unspecified atom stereocenters. The molecular weight excluding hydrogens is 216 g/mol. The summed E-state index contributed by atoms with van der Waals surface area (Å²) in [5, 5.41) is 0. The molecule has 0 radical (unpaired) electrons. The van der Waals surface area contributed by atoms with E-state index >= 15 is 0 Å². The van der Waals surface area contributed by atoms with Crippen LogP contribution in [-0.4, -0.2) is 20.2 Å². The zero-order chi connectivity index (χ0) is 12.7. The molecule has 17 heavy (non-hydrogen) atoms. The van der Waals surface area contributed by atoms with E-state index < -0.39 is 0 Å². The van der Waals surface area contributed by atoms with Crippen LogP contribution in [0.25, 0.3) is 0 Å². The van der Waals surface area contributed by atoms with Crippen molar-refractivity contribution < 1.29 is 14.3 Å². The van der Waals surface area contributed by atoms with Crippen molar-refractivity contribution in [3.63, 3.8) is 0 Å². The van der Waals surface area contributed by atoms with E-state index in [0.717, 1.165) is 6.42 Å². The molecule has 0 saturated carbocycles. The molecule has 0 spiro atoms. The third-order valence-corrected chi connectivity index (χ3v) is 2.62. The van der Waals surface area contributed by atoms with Gasteiger partial charge < -0.3 is 9.47 Å². The van der Waals surface area contributed by atoms with Gasteiger partial charge in [0.15, 0.2) is 0 Å². The highest BCUT2D eigenvalue weighted by molar-refractivity contribution is 5.89. The number of methoxy groups -OCH3 is 2. The Morgan fingerprint density at radius 1 is 1.29 bits per heavy atom. The quantitative estimate of drug-likeness (QED) is 0.580. The van der Waals surface area contributed by atoms with Crippen molar-refractivity contribution in [2.75, 3.05) is 14.2 Å². The second-order valence-electron chi connectivity index (χ2n) is 3.86. The Morgan fingerprint density at radius 3 is 2.47 bits per heavy atom. The van der Waals surface area contributed by atoms with Crippen molar-refractivity contribution in [1.82, 2.24) is 0 Å². The van der Waals surface area contributed by atoms with E-state index in [2.05, 4.69) is 11.7 Å². The maximum atomic E-state index is 11.3. The SMILES string of the molecule is CO/C=C/C[C@@H](C)c1ccc(C(=O)OC)cc1. The van der Waals surface area contributed by atoms with Crippen LogP contribution in [0.5, 0.6) is 0 Å². The first kappa shape index (κ1) is 13.3. The van der Waals surface area contributed by atoms with Gasteiger partial charge in [-0.15, -0.1) is 0 Å². The lowest BCUT2D eigenvalue weighted by atomic mass is 9.97. The van der Waals surface area contributed by atoms with Crippen molar-refractivity contribution >= 4 is 5.97 Å². The van der Waals surface area contributed by atoms with Crippen LogP contribution >= 0.6 is 0 Å². The number of rotatable bonds is 5. The van der Waals surface area contributed by atoms with Crippen LogP contribution in [0.15, 0.2) is 36.6 Å². The van der Waals surface area contributed by atoms with E-state index in [9.17, 15) is 4.79 Å². The van der Waals surface area contributed by atoms with Gasteiger partial charge in [0.2, 0.25) is 0 Å². The minimum Gasteiger partial charge on any atom is -0.505 e. The molecule has 0 aromatic heterocycles. The minimum absolute atomic E-state index is 0.302. The molecule has 3 nitrogen and oxygen atoms in total. The molecule has 0 amide bonds. The molecule has 0 N–H and O–H groups in total. The topological polar surface area (TPSA) is 35.5 Å². The van der Waals surface area contributed by atoms with E-state index in [0.29, 0.717) is 11.5 Å². The number of carbonyl (C=O) groups excluding carboxylic acids is 1. The first-order chi connectivity index (χ1) is 8.19. The van der Waals surface area contributed by atoms with E-state index in [1.165, 1.54) is 12.7 Å². The van der Waals surface area contributed by atoms with Gasteiger partial charge in [0.1, 0.15) is 0 Å². The van der Waals surface area contributed by atoms with Gasteiger partial charge >= 0.3 is 5.97 Å². The summed E-state index contributed by atoms with van der Waals surface area (Å²) in [7, 11) is 3.01. The molecule has 1 aromatic rings. The van der Waals surface area contributed by atoms with Crippen LogP contribution < -0.4 is 0 Å². The summed E-state index contributed by atoms with van der Waals surface area (Å²) >= 11 is 0. The Morgan fingerprint density at radius 2 is 1.94 bits per heavy atom. The lowest BCUT2D eigenvalue weighted by molar-refractivity contribution is 0.0600. The fourth-order valence-corrected chi connectivity index (χ4v) is 1.56. The number of hydrogen-bond donors (Lipinski definition) is 0. The minimum atomic E-state index is -0.302. The van der Waals surface area contributed by atoms with Crippen molar-refractivity contribution in [3.05, 3.63) is 47.7 Å². The molecule has 3 heteroatoms. The standard InChI is InChI=1S/C14H18O3/c1-11(5-4-10-16-2)12-6-8-13(9-7-12)14(15)17-3/h4,6-11H,5H2,1-3H3/b10-4+/t11-/m1/s1. The zero-order valence-electron chi connectivity index (χ0n) is 10.5. The predicted octanol–water partition coefficient (Wildman–Crippen LogP) is 3.13. The maximum Gasteiger partial charge on any atom is 0.337 e. The molecule has 0 saturated heterocycles. The molecule has 1 rings (SSSR count). The predicted molar refractivity (Wildman–Crippen MR) is 67.0 cm³/mol. The van der Waals surface area contributed by atoms with Gasteiger partial charge in [0.25, 0.3) is 0 Å². The molecule has 1 aromatic carbocycles. The summed E-state index contributed by atoms with van der Waals surface area (Å²) in [6, 6.07) is 7.49. The van der Waals surface area contributed by atoms with Crippen LogP contribution in [0.3, 0.4) is 0 Å². The number of carbonyl (C=O) groups is 1. The van der Waals surface area contributed by atoms with Crippen molar-refractivity contribution in [2.24, 2.45) is 0 Å². The number of ether oxygens (including phenoxy) is 2. The van der Waals surface area contributed by atoms with Gasteiger partial charge in [0, 0.05) is 0 Å². The summed E-state index contributed by atoms with van der Waals surface area (Å²) < 4.78 is 9.50. The molecule has 0 heterocycles. The van der Waals surface area contributed by atoms with Crippen molar-refractivity contribution in [2.45, 2.75) is 19.3 Å². The largest absolute Gasteiger partial charge is 0.505 e.